The van der Waals surface area contributed by atoms with E-state index in [0.717, 1.165) is 50.3 Å². The minimum absolute atomic E-state index is 0. The monoisotopic (exact) mass is 454 g/mol. The quantitative estimate of drug-likeness (QED) is 0.294. The second-order valence-electron chi connectivity index (χ2n) is 8.25. The zero-order chi connectivity index (χ0) is 21.4. The molecule has 0 atom stereocenters. The van der Waals surface area contributed by atoms with E-state index in [-0.39, 0.29) is 18.5 Å². The van der Waals surface area contributed by atoms with Crippen LogP contribution in [0.5, 0.6) is 5.75 Å². The first-order chi connectivity index (χ1) is 14.8. The Morgan fingerprint density at radius 2 is 1.65 bits per heavy atom. The van der Waals surface area contributed by atoms with Gasteiger partial charge in [-0.3, -0.25) is 9.80 Å². The molecule has 1 aromatic carbocycles. The Hall–Kier alpha value is -1.46. The van der Waals surface area contributed by atoms with Gasteiger partial charge in [0, 0.05) is 13.1 Å². The van der Waals surface area contributed by atoms with Crippen LogP contribution in [0.4, 0.5) is 10.5 Å². The van der Waals surface area contributed by atoms with E-state index in [9.17, 15) is 4.79 Å². The van der Waals surface area contributed by atoms with E-state index in [1.165, 1.54) is 44.9 Å². The van der Waals surface area contributed by atoms with Gasteiger partial charge in [0.05, 0.1) is 12.3 Å². The SMILES string of the molecule is CCCCCCCOc1ccccc1N(CCCC)C(=O)OCCN1CCCCC1.Cl. The van der Waals surface area contributed by atoms with Crippen LogP contribution in [-0.2, 0) is 4.74 Å². The lowest BCUT2D eigenvalue weighted by Gasteiger charge is -2.27. The molecular weight excluding hydrogens is 412 g/mol. The highest BCUT2D eigenvalue weighted by atomic mass is 35.5. The summed E-state index contributed by atoms with van der Waals surface area (Å²) in [5.74, 6) is 0.775. The number of anilines is 1. The number of amides is 1. The van der Waals surface area contributed by atoms with Crippen molar-refractivity contribution in [1.82, 2.24) is 4.90 Å². The molecule has 31 heavy (non-hydrogen) atoms. The predicted octanol–water partition coefficient (Wildman–Crippen LogP) is 6.69. The standard InChI is InChI=1S/C25H42N2O3.ClH/c1-3-5-7-8-14-21-29-24-16-11-10-15-23(24)27(19-6-4-2)25(28)30-22-20-26-17-12-9-13-18-26;/h10-11,15-16H,3-9,12-14,17-22H2,1-2H3;1H. The lowest BCUT2D eigenvalue weighted by Crippen LogP contribution is -2.37. The number of unbranched alkanes of at least 4 members (excludes halogenated alkanes) is 5. The van der Waals surface area contributed by atoms with E-state index in [4.69, 9.17) is 9.47 Å². The third kappa shape index (κ3) is 10.6. The minimum Gasteiger partial charge on any atom is -0.491 e. The maximum Gasteiger partial charge on any atom is 0.414 e. The molecule has 1 heterocycles. The van der Waals surface area contributed by atoms with Crippen LogP contribution in [0.1, 0.15) is 78.1 Å². The molecule has 1 amide bonds. The van der Waals surface area contributed by atoms with E-state index >= 15 is 0 Å². The Balaban J connectivity index is 0.00000480. The molecule has 1 aliphatic rings. The van der Waals surface area contributed by atoms with Gasteiger partial charge in [-0.05, 0) is 50.9 Å². The number of halogens is 1. The zero-order valence-electron chi connectivity index (χ0n) is 19.7. The fourth-order valence-electron chi connectivity index (χ4n) is 3.84. The first-order valence-electron chi connectivity index (χ1n) is 12.1. The average Bonchev–Trinajstić information content (AvgIpc) is 2.78. The van der Waals surface area contributed by atoms with Crippen molar-refractivity contribution in [3.8, 4) is 5.75 Å². The number of hydrogen-bond acceptors (Lipinski definition) is 4. The highest BCUT2D eigenvalue weighted by molar-refractivity contribution is 5.89. The van der Waals surface area contributed by atoms with Crippen LogP contribution in [0.3, 0.4) is 0 Å². The summed E-state index contributed by atoms with van der Waals surface area (Å²) in [7, 11) is 0. The molecular formula is C25H43ClN2O3. The molecule has 0 radical (unpaired) electrons. The van der Waals surface area contributed by atoms with Gasteiger partial charge in [-0.2, -0.15) is 0 Å². The van der Waals surface area contributed by atoms with Gasteiger partial charge in [0.25, 0.3) is 0 Å². The van der Waals surface area contributed by atoms with Gasteiger partial charge >= 0.3 is 6.09 Å². The molecule has 6 heteroatoms. The Morgan fingerprint density at radius 3 is 2.39 bits per heavy atom. The summed E-state index contributed by atoms with van der Waals surface area (Å²) in [4.78, 5) is 17.1. The third-order valence-corrected chi connectivity index (χ3v) is 5.70. The van der Waals surface area contributed by atoms with Crippen molar-refractivity contribution in [2.75, 3.05) is 44.3 Å². The molecule has 0 saturated carbocycles. The van der Waals surface area contributed by atoms with Crippen LogP contribution < -0.4 is 9.64 Å². The number of rotatable bonds is 14. The van der Waals surface area contributed by atoms with Crippen molar-refractivity contribution in [3.63, 3.8) is 0 Å². The number of nitrogens with zero attached hydrogens (tertiary/aromatic N) is 2. The second kappa shape index (κ2) is 17.1. The van der Waals surface area contributed by atoms with Gasteiger partial charge < -0.3 is 9.47 Å². The number of carbonyl (C=O) groups excluding carboxylic acids is 1. The van der Waals surface area contributed by atoms with Crippen molar-refractivity contribution in [3.05, 3.63) is 24.3 Å². The average molecular weight is 455 g/mol. The number of hydrogen-bond donors (Lipinski definition) is 0. The predicted molar refractivity (Wildman–Crippen MR) is 132 cm³/mol. The van der Waals surface area contributed by atoms with Crippen LogP contribution in [0.2, 0.25) is 0 Å². The van der Waals surface area contributed by atoms with E-state index in [1.54, 1.807) is 4.90 Å². The molecule has 1 saturated heterocycles. The highest BCUT2D eigenvalue weighted by Gasteiger charge is 2.21. The summed E-state index contributed by atoms with van der Waals surface area (Å²) >= 11 is 0. The first kappa shape index (κ1) is 27.6. The summed E-state index contributed by atoms with van der Waals surface area (Å²) < 4.78 is 11.7. The fraction of sp³-hybridized carbons (Fsp3) is 0.720. The topological polar surface area (TPSA) is 42.0 Å². The van der Waals surface area contributed by atoms with Gasteiger partial charge in [-0.25, -0.2) is 4.79 Å². The lowest BCUT2D eigenvalue weighted by molar-refractivity contribution is 0.126. The van der Waals surface area contributed by atoms with E-state index in [1.807, 2.05) is 24.3 Å². The van der Waals surface area contributed by atoms with Gasteiger partial charge in [0.2, 0.25) is 0 Å². The van der Waals surface area contributed by atoms with E-state index in [2.05, 4.69) is 18.7 Å². The first-order valence-corrected chi connectivity index (χ1v) is 12.1. The molecule has 2 rings (SSSR count). The molecule has 0 aliphatic carbocycles. The van der Waals surface area contributed by atoms with Gasteiger partial charge in [-0.1, -0.05) is 64.5 Å². The Kier molecular flexibility index (Phi) is 15.2. The van der Waals surface area contributed by atoms with Gasteiger partial charge in [0.15, 0.2) is 0 Å². The zero-order valence-corrected chi connectivity index (χ0v) is 20.5. The maximum absolute atomic E-state index is 12.9. The van der Waals surface area contributed by atoms with Gasteiger partial charge in [-0.15, -0.1) is 12.4 Å². The number of likely N-dealkylation sites (tertiary alicyclic amines) is 1. The number of benzene rings is 1. The van der Waals surface area contributed by atoms with Crippen LogP contribution in [-0.4, -0.2) is 50.4 Å². The van der Waals surface area contributed by atoms with Crippen molar-refractivity contribution < 1.29 is 14.3 Å². The van der Waals surface area contributed by atoms with Crippen LogP contribution in [0.25, 0.3) is 0 Å². The van der Waals surface area contributed by atoms with Crippen molar-refractivity contribution in [1.29, 1.82) is 0 Å². The molecule has 1 aromatic rings. The number of carbonyl (C=O) groups is 1. The molecule has 0 N–H and O–H groups in total. The van der Waals surface area contributed by atoms with Crippen LogP contribution >= 0.6 is 12.4 Å². The molecule has 178 valence electrons. The molecule has 0 bridgehead atoms. The normalized spacial score (nSPS) is 14.0. The largest absolute Gasteiger partial charge is 0.491 e. The van der Waals surface area contributed by atoms with Crippen LogP contribution in [0.15, 0.2) is 24.3 Å². The Morgan fingerprint density at radius 1 is 0.935 bits per heavy atom. The van der Waals surface area contributed by atoms with Crippen molar-refractivity contribution >= 4 is 24.2 Å². The lowest BCUT2D eigenvalue weighted by atomic mass is 10.1. The number of piperidine rings is 1. The fourth-order valence-corrected chi connectivity index (χ4v) is 3.84. The number of ether oxygens (including phenoxy) is 2. The third-order valence-electron chi connectivity index (χ3n) is 5.70. The summed E-state index contributed by atoms with van der Waals surface area (Å²) in [6, 6.07) is 7.86. The number of para-hydroxylation sites is 2. The van der Waals surface area contributed by atoms with Crippen molar-refractivity contribution in [2.45, 2.75) is 78.1 Å². The molecule has 0 aromatic heterocycles. The molecule has 5 nitrogen and oxygen atoms in total. The maximum atomic E-state index is 12.9. The summed E-state index contributed by atoms with van der Waals surface area (Å²) in [6.07, 6.45) is 11.5. The minimum atomic E-state index is -0.264. The van der Waals surface area contributed by atoms with E-state index < -0.39 is 0 Å². The summed E-state index contributed by atoms with van der Waals surface area (Å²) in [6.45, 7) is 9.20. The Bertz CT molecular complexity index is 594. The molecule has 0 spiro atoms. The smallest absolute Gasteiger partial charge is 0.414 e. The second-order valence-corrected chi connectivity index (χ2v) is 8.25. The molecule has 1 fully saturated rings. The molecule has 1 aliphatic heterocycles. The van der Waals surface area contributed by atoms with E-state index in [0.29, 0.717) is 19.8 Å². The summed E-state index contributed by atoms with van der Waals surface area (Å²) in [5, 5.41) is 0. The van der Waals surface area contributed by atoms with Gasteiger partial charge in [0.1, 0.15) is 12.4 Å². The summed E-state index contributed by atoms with van der Waals surface area (Å²) in [5.41, 5.74) is 0.822. The van der Waals surface area contributed by atoms with Crippen LogP contribution in [0, 0.1) is 0 Å². The Labute approximate surface area is 195 Å². The molecule has 0 unspecified atom stereocenters. The highest BCUT2D eigenvalue weighted by Crippen LogP contribution is 2.29. The van der Waals surface area contributed by atoms with Crippen molar-refractivity contribution in [2.24, 2.45) is 0 Å².